The van der Waals surface area contributed by atoms with E-state index in [1.54, 1.807) is 0 Å². The van der Waals surface area contributed by atoms with E-state index in [1.165, 1.54) is 17.2 Å². The van der Waals surface area contributed by atoms with Gasteiger partial charge in [-0.25, -0.2) is 4.98 Å². The second-order valence-corrected chi connectivity index (χ2v) is 4.77. The van der Waals surface area contributed by atoms with Crippen LogP contribution in [-0.4, -0.2) is 67.8 Å². The third kappa shape index (κ3) is 2.00. The number of aromatic nitrogens is 2. The third-order valence-corrected chi connectivity index (χ3v) is 3.50. The van der Waals surface area contributed by atoms with Gasteiger partial charge in [0.1, 0.15) is 35.9 Å². The highest BCUT2D eigenvalue weighted by molar-refractivity contribution is 5.76. The van der Waals surface area contributed by atoms with Crippen molar-refractivity contribution in [2.24, 2.45) is 4.99 Å². The Bertz CT molecular complexity index is 519. The Labute approximate surface area is 114 Å². The summed E-state index contributed by atoms with van der Waals surface area (Å²) in [6.07, 6.45) is -2.18. The molecule has 0 aliphatic carbocycles. The minimum atomic E-state index is -1.20. The van der Waals surface area contributed by atoms with Gasteiger partial charge >= 0.3 is 0 Å². The molecule has 0 spiro atoms. The molecule has 3 heterocycles. The highest BCUT2D eigenvalue weighted by atomic mass is 16.6. The Morgan fingerprint density at radius 1 is 1.35 bits per heavy atom. The van der Waals surface area contributed by atoms with Crippen LogP contribution in [0.2, 0.25) is 0 Å². The first kappa shape index (κ1) is 13.5. The van der Waals surface area contributed by atoms with Crippen LogP contribution in [0.15, 0.2) is 11.3 Å². The second kappa shape index (κ2) is 5.11. The molecule has 0 bridgehead atoms. The monoisotopic (exact) mass is 284 g/mol. The largest absolute Gasteiger partial charge is 0.394 e. The van der Waals surface area contributed by atoms with E-state index in [2.05, 4.69) is 15.3 Å². The number of fused-ring (bicyclic) bond motifs is 1. The van der Waals surface area contributed by atoms with Crippen molar-refractivity contribution >= 4 is 12.2 Å². The molecular weight excluding hydrogens is 268 g/mol. The summed E-state index contributed by atoms with van der Waals surface area (Å²) in [6, 6.07) is 0. The Morgan fingerprint density at radius 2 is 2.15 bits per heavy atom. The molecule has 2 aliphatic rings. The van der Waals surface area contributed by atoms with Crippen LogP contribution < -0.4 is 5.32 Å². The topological polar surface area (TPSA) is 132 Å². The minimum absolute atomic E-state index is 0.187. The zero-order valence-corrected chi connectivity index (χ0v) is 10.5. The molecule has 1 saturated heterocycles. The average molecular weight is 284 g/mol. The van der Waals surface area contributed by atoms with Gasteiger partial charge in [0.05, 0.1) is 25.8 Å². The van der Waals surface area contributed by atoms with Crippen molar-refractivity contribution in [2.75, 3.05) is 18.5 Å². The molecule has 0 amide bonds. The van der Waals surface area contributed by atoms with Gasteiger partial charge in [-0.1, -0.05) is 0 Å². The number of aliphatic hydroxyl groups excluding tert-OH is 4. The first-order valence-electron chi connectivity index (χ1n) is 6.25. The van der Waals surface area contributed by atoms with Gasteiger partial charge in [-0.3, -0.25) is 9.56 Å². The first-order chi connectivity index (χ1) is 9.63. The second-order valence-electron chi connectivity index (χ2n) is 4.77. The predicted octanol–water partition coefficient (Wildman–Crippen LogP) is -2.02. The van der Waals surface area contributed by atoms with Crippen molar-refractivity contribution in [3.8, 4) is 0 Å². The van der Waals surface area contributed by atoms with Gasteiger partial charge in [-0.05, 0) is 0 Å². The van der Waals surface area contributed by atoms with Gasteiger partial charge in [0.25, 0.3) is 0 Å². The van der Waals surface area contributed by atoms with Crippen LogP contribution in [0.3, 0.4) is 0 Å². The summed E-state index contributed by atoms with van der Waals surface area (Å²) in [5.41, 5.74) is 0.389. The number of nitrogens with one attached hydrogen (secondary N) is 1. The van der Waals surface area contributed by atoms with Crippen LogP contribution in [0.25, 0.3) is 0 Å². The van der Waals surface area contributed by atoms with Crippen LogP contribution in [0, 0.1) is 0 Å². The van der Waals surface area contributed by atoms with E-state index in [1.807, 2.05) is 0 Å². The van der Waals surface area contributed by atoms with E-state index < -0.39 is 37.3 Å². The number of aliphatic imine (C=N–C) groups is 1. The third-order valence-electron chi connectivity index (χ3n) is 3.50. The molecule has 3 rings (SSSR count). The molecule has 1 aromatic rings. The molecular formula is C11H16N4O5. The number of nitrogens with zero attached hydrogens (tertiary/aromatic N) is 3. The molecule has 2 aliphatic heterocycles. The number of ether oxygens (including phenoxy) is 1. The number of aliphatic hydroxyl groups is 4. The van der Waals surface area contributed by atoms with Gasteiger partial charge in [-0.2, -0.15) is 0 Å². The Balaban J connectivity index is 1.94. The Hall–Kier alpha value is -1.52. The predicted molar refractivity (Wildman–Crippen MR) is 67.2 cm³/mol. The van der Waals surface area contributed by atoms with Gasteiger partial charge in [0.2, 0.25) is 0 Å². The normalized spacial score (nSPS) is 36.5. The zero-order chi connectivity index (χ0) is 14.3. The van der Waals surface area contributed by atoms with Crippen LogP contribution in [-0.2, 0) is 4.74 Å². The lowest BCUT2D eigenvalue weighted by molar-refractivity contribution is -0.0518. The SMILES string of the molecule is OC[C@H]1O[C@@H](n2cnc3c2NC=NC[C@H]3O)[C@H](O)[C@H]1O. The van der Waals surface area contributed by atoms with Crippen LogP contribution in [0.5, 0.6) is 0 Å². The van der Waals surface area contributed by atoms with Crippen molar-refractivity contribution in [3.63, 3.8) is 0 Å². The van der Waals surface area contributed by atoms with Crippen molar-refractivity contribution in [1.29, 1.82) is 0 Å². The van der Waals surface area contributed by atoms with E-state index in [4.69, 9.17) is 9.84 Å². The van der Waals surface area contributed by atoms with Crippen LogP contribution in [0.4, 0.5) is 5.82 Å². The molecule has 1 fully saturated rings. The number of rotatable bonds is 2. The van der Waals surface area contributed by atoms with E-state index >= 15 is 0 Å². The van der Waals surface area contributed by atoms with E-state index in [9.17, 15) is 15.3 Å². The fourth-order valence-corrected chi connectivity index (χ4v) is 2.42. The minimum Gasteiger partial charge on any atom is -0.394 e. The maximum atomic E-state index is 10.0. The summed E-state index contributed by atoms with van der Waals surface area (Å²) in [6.45, 7) is -0.212. The molecule has 110 valence electrons. The van der Waals surface area contributed by atoms with Crippen molar-refractivity contribution < 1.29 is 25.2 Å². The fourth-order valence-electron chi connectivity index (χ4n) is 2.42. The van der Waals surface area contributed by atoms with Crippen molar-refractivity contribution in [2.45, 2.75) is 30.6 Å². The lowest BCUT2D eigenvalue weighted by Gasteiger charge is -2.19. The summed E-state index contributed by atoms with van der Waals surface area (Å²) in [7, 11) is 0. The number of hydrogen-bond donors (Lipinski definition) is 5. The molecule has 0 radical (unpaired) electrons. The van der Waals surface area contributed by atoms with E-state index in [-0.39, 0.29) is 6.54 Å². The number of hydrogen-bond acceptors (Lipinski definition) is 8. The summed E-state index contributed by atoms with van der Waals surface area (Å²) in [4.78, 5) is 8.03. The van der Waals surface area contributed by atoms with E-state index in [0.717, 1.165) is 0 Å². The van der Waals surface area contributed by atoms with Crippen molar-refractivity contribution in [1.82, 2.24) is 9.55 Å². The van der Waals surface area contributed by atoms with Gasteiger partial charge in [-0.15, -0.1) is 0 Å². The summed E-state index contributed by atoms with van der Waals surface area (Å²) >= 11 is 0. The lowest BCUT2D eigenvalue weighted by Crippen LogP contribution is -2.33. The smallest absolute Gasteiger partial charge is 0.165 e. The zero-order valence-electron chi connectivity index (χ0n) is 10.5. The average Bonchev–Trinajstić information content (AvgIpc) is 2.92. The molecule has 9 nitrogen and oxygen atoms in total. The van der Waals surface area contributed by atoms with Gasteiger partial charge in [0.15, 0.2) is 6.23 Å². The number of imidazole rings is 1. The van der Waals surface area contributed by atoms with Crippen molar-refractivity contribution in [3.05, 3.63) is 12.0 Å². The summed E-state index contributed by atoms with van der Waals surface area (Å²) in [5, 5.41) is 41.6. The quantitative estimate of drug-likeness (QED) is 0.423. The Kier molecular flexibility index (Phi) is 3.44. The maximum Gasteiger partial charge on any atom is 0.165 e. The molecule has 9 heteroatoms. The maximum absolute atomic E-state index is 10.0. The molecule has 0 aromatic carbocycles. The standard InChI is InChI=1S/C11H16N4O5/c16-2-6-8(18)9(19)11(20-6)15-4-14-7-5(17)1-12-3-13-10(7)15/h3-6,8-9,11,16-19H,1-2H2,(H,12,13)/t5-,6-,8+,9-,11-/m1/s1. The molecule has 0 unspecified atom stereocenters. The van der Waals surface area contributed by atoms with Gasteiger partial charge < -0.3 is 30.5 Å². The van der Waals surface area contributed by atoms with E-state index in [0.29, 0.717) is 11.5 Å². The molecule has 5 N–H and O–H groups in total. The highest BCUT2D eigenvalue weighted by Gasteiger charge is 2.44. The van der Waals surface area contributed by atoms with Crippen LogP contribution >= 0.6 is 0 Å². The Morgan fingerprint density at radius 3 is 2.85 bits per heavy atom. The molecule has 5 atom stereocenters. The number of anilines is 1. The highest BCUT2D eigenvalue weighted by Crippen LogP contribution is 2.34. The van der Waals surface area contributed by atoms with Crippen LogP contribution in [0.1, 0.15) is 18.0 Å². The first-order valence-corrected chi connectivity index (χ1v) is 6.25. The lowest BCUT2D eigenvalue weighted by atomic mass is 10.1. The fraction of sp³-hybridized carbons (Fsp3) is 0.636. The molecule has 1 aromatic heterocycles. The summed E-state index contributed by atoms with van der Waals surface area (Å²) in [5.74, 6) is 0.439. The summed E-state index contributed by atoms with van der Waals surface area (Å²) < 4.78 is 6.90. The van der Waals surface area contributed by atoms with Gasteiger partial charge in [0, 0.05) is 0 Å². The molecule has 20 heavy (non-hydrogen) atoms. The molecule has 0 saturated carbocycles.